The normalized spacial score (nSPS) is 34.4. The second-order valence-electron chi connectivity index (χ2n) is 11.3. The van der Waals surface area contributed by atoms with Crippen LogP contribution in [-0.2, 0) is 4.79 Å². The minimum Gasteiger partial charge on any atom is -0.342 e. The van der Waals surface area contributed by atoms with Gasteiger partial charge in [0.2, 0.25) is 5.91 Å². The zero-order chi connectivity index (χ0) is 26.8. The summed E-state index contributed by atoms with van der Waals surface area (Å²) < 4.78 is 0. The van der Waals surface area contributed by atoms with Crippen LogP contribution in [0.3, 0.4) is 0 Å². The molecule has 0 aliphatic heterocycles. The Kier molecular flexibility index (Phi) is 12.9. The van der Waals surface area contributed by atoms with Gasteiger partial charge in [0.25, 0.3) is 0 Å². The van der Waals surface area contributed by atoms with Crippen LogP contribution in [0.1, 0.15) is 92.9 Å². The largest absolute Gasteiger partial charge is 0.342 e. The van der Waals surface area contributed by atoms with Crippen LogP contribution in [0, 0.1) is 39.9 Å². The molecule has 5 heteroatoms. The van der Waals surface area contributed by atoms with Crippen LogP contribution in [0.4, 0.5) is 0 Å². The summed E-state index contributed by atoms with van der Waals surface area (Å²) in [4.78, 5) is 12.3. The highest BCUT2D eigenvalue weighted by Crippen LogP contribution is 2.66. The summed E-state index contributed by atoms with van der Waals surface area (Å²) in [6, 6.07) is 0. The minimum atomic E-state index is 0.1000. The number of allylic oxidation sites excluding steroid dienone is 3. The first kappa shape index (κ1) is 31.6. The average Bonchev–Trinajstić information content (AvgIpc) is 3.19. The SMILES string of the molecule is C=C/C=C1/CCC2C(CCC3(C)C(C(C)=N)CCC23)C1(C)CCC.CCN(CCN)C(C)=O.CN. The Morgan fingerprint density at radius 3 is 2.26 bits per heavy atom. The summed E-state index contributed by atoms with van der Waals surface area (Å²) in [5.74, 6) is 3.23. The molecule has 6 atom stereocenters. The lowest BCUT2D eigenvalue weighted by atomic mass is 9.47. The Labute approximate surface area is 216 Å². The number of nitrogens with two attached hydrogens (primary N) is 2. The van der Waals surface area contributed by atoms with Crippen molar-refractivity contribution in [2.45, 2.75) is 92.9 Å². The van der Waals surface area contributed by atoms with Gasteiger partial charge in [0, 0.05) is 38.2 Å². The van der Waals surface area contributed by atoms with Gasteiger partial charge in [0.05, 0.1) is 0 Å². The smallest absolute Gasteiger partial charge is 0.219 e. The molecule has 3 aliphatic rings. The molecule has 3 rings (SSSR count). The van der Waals surface area contributed by atoms with Gasteiger partial charge >= 0.3 is 0 Å². The monoisotopic (exact) mass is 488 g/mol. The molecule has 0 aromatic carbocycles. The molecule has 3 fully saturated rings. The molecule has 3 aliphatic carbocycles. The molecule has 0 saturated heterocycles. The predicted octanol–water partition coefficient (Wildman–Crippen LogP) is 6.19. The number of hydrogen-bond acceptors (Lipinski definition) is 4. The summed E-state index contributed by atoms with van der Waals surface area (Å²) in [5, 5.41) is 8.28. The molecule has 0 bridgehead atoms. The summed E-state index contributed by atoms with van der Waals surface area (Å²) in [6.07, 6.45) is 14.9. The number of nitrogens with one attached hydrogen (secondary N) is 1. The van der Waals surface area contributed by atoms with E-state index in [4.69, 9.17) is 11.1 Å². The first-order valence-electron chi connectivity index (χ1n) is 14.0. The molecule has 1 amide bonds. The minimum absolute atomic E-state index is 0.1000. The highest BCUT2D eigenvalue weighted by molar-refractivity contribution is 5.82. The van der Waals surface area contributed by atoms with E-state index in [1.165, 1.54) is 58.4 Å². The maximum atomic E-state index is 10.6. The number of carbonyl (C=O) groups excluding carboxylic acids is 1. The maximum Gasteiger partial charge on any atom is 0.219 e. The fourth-order valence-electron chi connectivity index (χ4n) is 8.01. The lowest BCUT2D eigenvalue weighted by Gasteiger charge is -2.57. The van der Waals surface area contributed by atoms with Crippen molar-refractivity contribution in [1.29, 1.82) is 5.41 Å². The third kappa shape index (κ3) is 6.85. The van der Waals surface area contributed by atoms with Crippen molar-refractivity contribution in [1.82, 2.24) is 4.90 Å². The Morgan fingerprint density at radius 1 is 1.14 bits per heavy atom. The third-order valence-corrected chi connectivity index (χ3v) is 9.57. The molecule has 0 aromatic heterocycles. The van der Waals surface area contributed by atoms with Crippen LogP contribution < -0.4 is 11.5 Å². The van der Waals surface area contributed by atoms with Crippen LogP contribution in [-0.4, -0.2) is 43.2 Å². The van der Waals surface area contributed by atoms with Gasteiger partial charge in [-0.25, -0.2) is 0 Å². The molecule has 3 saturated carbocycles. The van der Waals surface area contributed by atoms with Crippen LogP contribution in [0.25, 0.3) is 0 Å². The maximum absolute atomic E-state index is 10.6. The zero-order valence-corrected chi connectivity index (χ0v) is 24.0. The van der Waals surface area contributed by atoms with Gasteiger partial charge < -0.3 is 21.8 Å². The second-order valence-corrected chi connectivity index (χ2v) is 11.3. The number of likely N-dealkylation sites (N-methyl/N-ethyl adjacent to an activating group) is 1. The summed E-state index contributed by atoms with van der Waals surface area (Å²) in [7, 11) is 1.50. The van der Waals surface area contributed by atoms with Crippen molar-refractivity contribution < 1.29 is 4.79 Å². The van der Waals surface area contributed by atoms with Crippen LogP contribution in [0.15, 0.2) is 24.3 Å². The van der Waals surface area contributed by atoms with E-state index in [9.17, 15) is 4.79 Å². The van der Waals surface area contributed by atoms with E-state index in [0.717, 1.165) is 30.0 Å². The molecule has 6 unspecified atom stereocenters. The van der Waals surface area contributed by atoms with Crippen LogP contribution in [0.5, 0.6) is 0 Å². The molecule has 0 spiro atoms. The van der Waals surface area contributed by atoms with E-state index in [1.54, 1.807) is 17.4 Å². The van der Waals surface area contributed by atoms with Crippen molar-refractivity contribution in [3.8, 4) is 0 Å². The molecular formula is C30H56N4O. The number of nitrogens with zero attached hydrogens (tertiary/aromatic N) is 1. The van der Waals surface area contributed by atoms with E-state index < -0.39 is 0 Å². The van der Waals surface area contributed by atoms with Gasteiger partial charge in [-0.3, -0.25) is 4.79 Å². The molecule has 0 aromatic rings. The average molecular weight is 489 g/mol. The van der Waals surface area contributed by atoms with E-state index >= 15 is 0 Å². The molecule has 0 heterocycles. The van der Waals surface area contributed by atoms with Crippen LogP contribution in [0.2, 0.25) is 0 Å². The molecule has 5 N–H and O–H groups in total. The van der Waals surface area contributed by atoms with E-state index in [2.05, 4.69) is 46.1 Å². The fraction of sp³-hybridized carbons (Fsp3) is 0.800. The number of hydrogen-bond donors (Lipinski definition) is 3. The molecular weight excluding hydrogens is 432 g/mol. The number of fused-ring (bicyclic) bond motifs is 3. The summed E-state index contributed by atoms with van der Waals surface area (Å²) in [6.45, 7) is 18.9. The van der Waals surface area contributed by atoms with Crippen molar-refractivity contribution >= 4 is 11.6 Å². The highest BCUT2D eigenvalue weighted by atomic mass is 16.2. The molecule has 0 radical (unpaired) electrons. The fourth-order valence-corrected chi connectivity index (χ4v) is 8.01. The summed E-state index contributed by atoms with van der Waals surface area (Å²) in [5.41, 5.74) is 13.1. The third-order valence-electron chi connectivity index (χ3n) is 9.57. The molecule has 202 valence electrons. The number of rotatable bonds is 7. The Morgan fingerprint density at radius 2 is 1.80 bits per heavy atom. The Balaban J connectivity index is 0.000000473. The first-order valence-corrected chi connectivity index (χ1v) is 14.0. The van der Waals surface area contributed by atoms with Crippen molar-refractivity contribution in [3.05, 3.63) is 24.3 Å². The second kappa shape index (κ2) is 14.3. The van der Waals surface area contributed by atoms with Crippen molar-refractivity contribution in [2.75, 3.05) is 26.7 Å². The zero-order valence-electron chi connectivity index (χ0n) is 24.0. The predicted molar refractivity (Wildman–Crippen MR) is 152 cm³/mol. The molecule has 5 nitrogen and oxygen atoms in total. The highest BCUT2D eigenvalue weighted by Gasteiger charge is 2.58. The van der Waals surface area contributed by atoms with E-state index in [1.807, 2.05) is 13.0 Å². The van der Waals surface area contributed by atoms with Gasteiger partial charge in [-0.15, -0.1) is 0 Å². The number of carbonyl (C=O) groups is 1. The van der Waals surface area contributed by atoms with Crippen LogP contribution >= 0.6 is 0 Å². The molecule has 35 heavy (non-hydrogen) atoms. The van der Waals surface area contributed by atoms with Gasteiger partial charge in [-0.2, -0.15) is 0 Å². The quantitative estimate of drug-likeness (QED) is 0.373. The van der Waals surface area contributed by atoms with Gasteiger partial charge in [0.1, 0.15) is 0 Å². The topological polar surface area (TPSA) is 96.2 Å². The summed E-state index contributed by atoms with van der Waals surface area (Å²) >= 11 is 0. The van der Waals surface area contributed by atoms with Gasteiger partial charge in [-0.1, -0.05) is 51.5 Å². The van der Waals surface area contributed by atoms with Gasteiger partial charge in [0.15, 0.2) is 0 Å². The number of amides is 1. The lowest BCUT2D eigenvalue weighted by molar-refractivity contribution is -0.128. The van der Waals surface area contributed by atoms with E-state index in [0.29, 0.717) is 29.8 Å². The van der Waals surface area contributed by atoms with Crippen molar-refractivity contribution in [3.63, 3.8) is 0 Å². The van der Waals surface area contributed by atoms with E-state index in [-0.39, 0.29) is 5.91 Å². The Hall–Kier alpha value is -1.46. The standard InChI is InChI=1S/C23H37N.C6H14N2O.CH5N/c1-6-8-17-9-10-18-20-12-11-19(16(3)24)23(20,5)15-13-21(18)22(17,4)14-7-2;1-3-8(5-4-7)6(2)9;1-2/h6,8,18-21,24H,1,7,9-15H2,2-5H3;3-5,7H2,1-2H3;2H2,1H3/b17-8-,24-16?;;. The lowest BCUT2D eigenvalue weighted by Crippen LogP contribution is -2.50. The van der Waals surface area contributed by atoms with Crippen molar-refractivity contribution in [2.24, 2.45) is 46.0 Å². The Bertz CT molecular complexity index is 732. The first-order chi connectivity index (χ1) is 16.6. The van der Waals surface area contributed by atoms with Gasteiger partial charge in [-0.05, 0) is 94.4 Å².